The van der Waals surface area contributed by atoms with Crippen LogP contribution < -0.4 is 5.32 Å². The van der Waals surface area contributed by atoms with E-state index in [4.69, 9.17) is 5.10 Å². The molecule has 0 saturated carbocycles. The van der Waals surface area contributed by atoms with Gasteiger partial charge in [0, 0.05) is 27.9 Å². The van der Waals surface area contributed by atoms with Crippen molar-refractivity contribution in [3.8, 4) is 22.5 Å². The highest BCUT2D eigenvalue weighted by Gasteiger charge is 2.22. The minimum absolute atomic E-state index is 0.145. The van der Waals surface area contributed by atoms with Crippen LogP contribution in [0, 0.1) is 0 Å². The lowest BCUT2D eigenvalue weighted by atomic mass is 9.99. The third-order valence-corrected chi connectivity index (χ3v) is 7.03. The summed E-state index contributed by atoms with van der Waals surface area (Å²) >= 11 is 0. The summed E-state index contributed by atoms with van der Waals surface area (Å²) in [4.78, 5) is 24.8. The van der Waals surface area contributed by atoms with Crippen molar-refractivity contribution in [2.45, 2.75) is 13.0 Å². The number of benzene rings is 5. The standard InChI is InChI=1S/C35H27N3O3/c39-32(40)22-31-33(26-10-3-1-4-11-26)37-38(34(31)27-12-5-2-6-13-27)23-24-15-19-30(20-16-24)36-35(41)29-18-17-25-9-7-8-14-28(25)21-29/h1-21H,22-23H2,(H,36,41)(H,39,40). The van der Waals surface area contributed by atoms with E-state index in [1.165, 1.54) is 0 Å². The molecule has 0 spiro atoms. The van der Waals surface area contributed by atoms with Crippen LogP contribution in [0.4, 0.5) is 5.69 Å². The van der Waals surface area contributed by atoms with Crippen LogP contribution in [-0.2, 0) is 17.8 Å². The number of carbonyl (C=O) groups excluding carboxylic acids is 1. The Morgan fingerprint density at radius 3 is 2.02 bits per heavy atom. The molecule has 6 heteroatoms. The molecule has 0 radical (unpaired) electrons. The summed E-state index contributed by atoms with van der Waals surface area (Å²) in [7, 11) is 0. The summed E-state index contributed by atoms with van der Waals surface area (Å²) in [5, 5.41) is 19.8. The number of carboxylic acids is 1. The smallest absolute Gasteiger partial charge is 0.307 e. The van der Waals surface area contributed by atoms with Crippen molar-refractivity contribution in [2.75, 3.05) is 5.32 Å². The fourth-order valence-corrected chi connectivity index (χ4v) is 5.08. The number of aliphatic carboxylic acids is 1. The molecule has 6 nitrogen and oxygen atoms in total. The molecule has 41 heavy (non-hydrogen) atoms. The normalized spacial score (nSPS) is 10.9. The number of hydrogen-bond acceptors (Lipinski definition) is 3. The van der Waals surface area contributed by atoms with E-state index in [-0.39, 0.29) is 12.3 Å². The minimum Gasteiger partial charge on any atom is -0.481 e. The van der Waals surface area contributed by atoms with Crippen molar-refractivity contribution in [1.82, 2.24) is 9.78 Å². The van der Waals surface area contributed by atoms with Crippen molar-refractivity contribution >= 4 is 28.3 Å². The molecule has 6 rings (SSSR count). The van der Waals surface area contributed by atoms with Crippen LogP contribution in [0.1, 0.15) is 21.5 Å². The van der Waals surface area contributed by atoms with Gasteiger partial charge in [0.2, 0.25) is 0 Å². The predicted octanol–water partition coefficient (Wildman–Crippen LogP) is 7.30. The van der Waals surface area contributed by atoms with Crippen molar-refractivity contribution in [3.05, 3.63) is 144 Å². The number of aromatic nitrogens is 2. The molecule has 5 aromatic carbocycles. The van der Waals surface area contributed by atoms with Gasteiger partial charge in [-0.1, -0.05) is 103 Å². The molecule has 0 aliphatic heterocycles. The highest BCUT2D eigenvalue weighted by atomic mass is 16.4. The Morgan fingerprint density at radius 1 is 0.707 bits per heavy atom. The maximum atomic E-state index is 12.9. The van der Waals surface area contributed by atoms with Crippen LogP contribution in [0.15, 0.2) is 127 Å². The Hall–Kier alpha value is -5.49. The van der Waals surface area contributed by atoms with Gasteiger partial charge in [0.1, 0.15) is 0 Å². The summed E-state index contributed by atoms with van der Waals surface area (Å²) in [6.45, 7) is 0.433. The number of carboxylic acid groups (broad SMARTS) is 1. The maximum absolute atomic E-state index is 12.9. The Labute approximate surface area is 237 Å². The number of carbonyl (C=O) groups is 2. The van der Waals surface area contributed by atoms with Gasteiger partial charge in [-0.3, -0.25) is 14.3 Å². The molecule has 1 aromatic heterocycles. The summed E-state index contributed by atoms with van der Waals surface area (Å²) < 4.78 is 1.87. The van der Waals surface area contributed by atoms with Crippen molar-refractivity contribution in [1.29, 1.82) is 0 Å². The van der Waals surface area contributed by atoms with Gasteiger partial charge in [0.25, 0.3) is 5.91 Å². The van der Waals surface area contributed by atoms with Crippen molar-refractivity contribution < 1.29 is 14.7 Å². The fraction of sp³-hybridized carbons (Fsp3) is 0.0571. The molecular weight excluding hydrogens is 510 g/mol. The van der Waals surface area contributed by atoms with E-state index in [1.807, 2.05) is 132 Å². The Kier molecular flexibility index (Phi) is 7.11. The number of anilines is 1. The number of nitrogens with zero attached hydrogens (tertiary/aromatic N) is 2. The quantitative estimate of drug-likeness (QED) is 0.213. The largest absolute Gasteiger partial charge is 0.481 e. The first-order chi connectivity index (χ1) is 20.0. The third-order valence-electron chi connectivity index (χ3n) is 7.03. The summed E-state index contributed by atoms with van der Waals surface area (Å²) in [5.74, 6) is -1.09. The number of rotatable bonds is 8. The van der Waals surface area contributed by atoms with Gasteiger partial charge >= 0.3 is 5.97 Å². The summed E-state index contributed by atoms with van der Waals surface area (Å²) in [6, 6.07) is 40.7. The Morgan fingerprint density at radius 2 is 1.34 bits per heavy atom. The Bertz CT molecular complexity index is 1840. The average molecular weight is 538 g/mol. The molecule has 1 heterocycles. The lowest BCUT2D eigenvalue weighted by molar-refractivity contribution is -0.136. The second-order valence-electron chi connectivity index (χ2n) is 9.85. The van der Waals surface area contributed by atoms with Gasteiger partial charge in [-0.2, -0.15) is 5.10 Å². The second kappa shape index (κ2) is 11.3. The molecule has 1 amide bonds. The lowest BCUT2D eigenvalue weighted by Gasteiger charge is -2.11. The van der Waals surface area contributed by atoms with Gasteiger partial charge in [-0.15, -0.1) is 0 Å². The average Bonchev–Trinajstić information content (AvgIpc) is 3.35. The molecule has 0 saturated heterocycles. The van der Waals surface area contributed by atoms with E-state index in [0.717, 1.165) is 33.2 Å². The molecule has 200 valence electrons. The first-order valence-corrected chi connectivity index (χ1v) is 13.4. The summed E-state index contributed by atoms with van der Waals surface area (Å²) in [6.07, 6.45) is -0.145. The highest BCUT2D eigenvalue weighted by Crippen LogP contribution is 2.33. The topological polar surface area (TPSA) is 84.2 Å². The molecule has 2 N–H and O–H groups in total. The predicted molar refractivity (Wildman–Crippen MR) is 162 cm³/mol. The van der Waals surface area contributed by atoms with Gasteiger partial charge in [0.05, 0.1) is 24.4 Å². The molecule has 0 bridgehead atoms. The SMILES string of the molecule is O=C(O)Cc1c(-c2ccccc2)nn(Cc2ccc(NC(=O)c3ccc4ccccc4c3)cc2)c1-c1ccccc1. The molecule has 0 unspecified atom stereocenters. The number of nitrogens with one attached hydrogen (secondary N) is 1. The second-order valence-corrected chi connectivity index (χ2v) is 9.85. The van der Waals surface area contributed by atoms with Crippen LogP contribution in [0.3, 0.4) is 0 Å². The fourth-order valence-electron chi connectivity index (χ4n) is 5.08. The van der Waals surface area contributed by atoms with E-state index in [1.54, 1.807) is 0 Å². The van der Waals surface area contributed by atoms with E-state index >= 15 is 0 Å². The van der Waals surface area contributed by atoms with Gasteiger partial charge in [0.15, 0.2) is 0 Å². The molecule has 0 aliphatic carbocycles. The minimum atomic E-state index is -0.912. The van der Waals surface area contributed by atoms with E-state index in [0.29, 0.717) is 29.1 Å². The van der Waals surface area contributed by atoms with Crippen molar-refractivity contribution in [2.24, 2.45) is 0 Å². The van der Waals surface area contributed by atoms with Crippen LogP contribution in [-0.4, -0.2) is 26.8 Å². The zero-order chi connectivity index (χ0) is 28.2. The molecular formula is C35H27N3O3. The molecule has 0 atom stereocenters. The number of fused-ring (bicyclic) bond motifs is 1. The summed E-state index contributed by atoms with van der Waals surface area (Å²) in [5.41, 5.74) is 6.13. The molecule has 0 fully saturated rings. The van der Waals surface area contributed by atoms with E-state index < -0.39 is 5.97 Å². The van der Waals surface area contributed by atoms with E-state index in [2.05, 4.69) is 5.32 Å². The monoisotopic (exact) mass is 537 g/mol. The third kappa shape index (κ3) is 5.63. The number of amides is 1. The van der Waals surface area contributed by atoms with E-state index in [9.17, 15) is 14.7 Å². The number of hydrogen-bond donors (Lipinski definition) is 2. The molecule has 6 aromatic rings. The highest BCUT2D eigenvalue weighted by molar-refractivity contribution is 6.06. The zero-order valence-electron chi connectivity index (χ0n) is 22.2. The van der Waals surface area contributed by atoms with Gasteiger partial charge in [-0.05, 0) is 40.6 Å². The zero-order valence-corrected chi connectivity index (χ0v) is 22.2. The Balaban J connectivity index is 1.30. The first-order valence-electron chi connectivity index (χ1n) is 13.4. The van der Waals surface area contributed by atoms with Crippen LogP contribution >= 0.6 is 0 Å². The van der Waals surface area contributed by atoms with Crippen LogP contribution in [0.2, 0.25) is 0 Å². The van der Waals surface area contributed by atoms with Gasteiger partial charge in [-0.25, -0.2) is 0 Å². The maximum Gasteiger partial charge on any atom is 0.307 e. The van der Waals surface area contributed by atoms with Crippen LogP contribution in [0.25, 0.3) is 33.3 Å². The first kappa shape index (κ1) is 25.8. The molecule has 0 aliphatic rings. The van der Waals surface area contributed by atoms with Crippen LogP contribution in [0.5, 0.6) is 0 Å². The van der Waals surface area contributed by atoms with Crippen molar-refractivity contribution in [3.63, 3.8) is 0 Å². The lowest BCUT2D eigenvalue weighted by Crippen LogP contribution is -2.12. The van der Waals surface area contributed by atoms with Gasteiger partial charge < -0.3 is 10.4 Å².